The molecule has 0 radical (unpaired) electrons. The minimum atomic E-state index is -5.07. The second-order valence-electron chi connectivity index (χ2n) is 5.98. The Hall–Kier alpha value is -3.38. The molecule has 0 aliphatic carbocycles. The largest absolute Gasteiger partial charge is 0.573 e. The minimum Gasteiger partial charge on any atom is -0.406 e. The van der Waals surface area contributed by atoms with Crippen molar-refractivity contribution in [1.82, 2.24) is 4.98 Å². The zero-order valence-corrected chi connectivity index (χ0v) is 14.8. The lowest BCUT2D eigenvalue weighted by atomic mass is 10.1. The third-order valence-corrected chi connectivity index (χ3v) is 3.65. The van der Waals surface area contributed by atoms with Gasteiger partial charge >= 0.3 is 18.9 Å². The summed E-state index contributed by atoms with van der Waals surface area (Å²) in [5.41, 5.74) is -2.26. The summed E-state index contributed by atoms with van der Waals surface area (Å²) in [4.78, 5) is 3.32. The van der Waals surface area contributed by atoms with Crippen LogP contribution in [0.3, 0.4) is 0 Å². The van der Waals surface area contributed by atoms with Crippen LogP contribution >= 0.6 is 0 Å². The van der Waals surface area contributed by atoms with Gasteiger partial charge in [-0.2, -0.15) is 13.2 Å². The van der Waals surface area contributed by atoms with Crippen molar-refractivity contribution in [3.63, 3.8) is 0 Å². The summed E-state index contributed by atoms with van der Waals surface area (Å²) < 4.78 is 121. The molecule has 4 nitrogen and oxygen atoms in total. The maximum atomic E-state index is 13.2. The van der Waals surface area contributed by atoms with Crippen LogP contribution < -0.4 is 14.8 Å². The number of rotatable bonds is 4. The predicted octanol–water partition coefficient (Wildman–Crippen LogP) is 6.79. The lowest BCUT2D eigenvalue weighted by Crippen LogP contribution is -2.17. The van der Waals surface area contributed by atoms with Gasteiger partial charge in [0, 0.05) is 23.2 Å². The number of aromatic nitrogens is 1. The van der Waals surface area contributed by atoms with Gasteiger partial charge in [0.05, 0.1) is 11.2 Å². The predicted molar refractivity (Wildman–Crippen MR) is 89.8 cm³/mol. The summed E-state index contributed by atoms with van der Waals surface area (Å²) in [5, 5.41) is 2.47. The summed E-state index contributed by atoms with van der Waals surface area (Å²) in [7, 11) is 0. The molecule has 13 heteroatoms. The Bertz CT molecular complexity index is 1090. The van der Waals surface area contributed by atoms with Crippen LogP contribution in [0.5, 0.6) is 11.5 Å². The average Bonchev–Trinajstić information content (AvgIpc) is 2.58. The number of halogens is 9. The molecule has 0 fully saturated rings. The second-order valence-corrected chi connectivity index (χ2v) is 5.98. The summed E-state index contributed by atoms with van der Waals surface area (Å²) in [5.74, 6) is -1.42. The van der Waals surface area contributed by atoms with E-state index in [4.69, 9.17) is 0 Å². The van der Waals surface area contributed by atoms with Crippen molar-refractivity contribution in [2.24, 2.45) is 0 Å². The fourth-order valence-corrected chi connectivity index (χ4v) is 2.58. The summed E-state index contributed by atoms with van der Waals surface area (Å²) in [6, 6.07) is 7.40. The molecule has 0 spiro atoms. The van der Waals surface area contributed by atoms with Crippen molar-refractivity contribution < 1.29 is 49.0 Å². The molecule has 0 atom stereocenters. The van der Waals surface area contributed by atoms with E-state index in [1.807, 2.05) is 0 Å². The highest BCUT2D eigenvalue weighted by atomic mass is 19.4. The number of ether oxygens (including phenoxy) is 2. The molecule has 1 N–H and O–H groups in total. The summed E-state index contributed by atoms with van der Waals surface area (Å²) in [6.45, 7) is 0. The number of hydrogen-bond acceptors (Lipinski definition) is 4. The van der Waals surface area contributed by atoms with E-state index >= 15 is 0 Å². The van der Waals surface area contributed by atoms with Crippen LogP contribution in [0.4, 0.5) is 50.9 Å². The molecule has 166 valence electrons. The van der Waals surface area contributed by atoms with E-state index in [0.717, 1.165) is 30.3 Å². The SMILES string of the molecule is FC(F)(F)Oc1cccc(Nc2cc(C(F)(F)F)nc3cc(OC(F)(F)F)ccc23)c1. The van der Waals surface area contributed by atoms with Crippen LogP contribution in [0.25, 0.3) is 10.9 Å². The van der Waals surface area contributed by atoms with Crippen LogP contribution in [0, 0.1) is 0 Å². The van der Waals surface area contributed by atoms with Gasteiger partial charge in [-0.25, -0.2) is 4.98 Å². The van der Waals surface area contributed by atoms with Crippen LogP contribution in [0.1, 0.15) is 5.69 Å². The Morgan fingerprint density at radius 1 is 0.710 bits per heavy atom. The third-order valence-electron chi connectivity index (χ3n) is 3.65. The van der Waals surface area contributed by atoms with Crippen molar-refractivity contribution in [3.05, 3.63) is 54.2 Å². The molecule has 2 aromatic carbocycles. The zero-order chi connectivity index (χ0) is 23.0. The first kappa shape index (κ1) is 22.3. The number of nitrogens with zero attached hydrogens (tertiary/aromatic N) is 1. The van der Waals surface area contributed by atoms with E-state index in [1.54, 1.807) is 0 Å². The average molecular weight is 456 g/mol. The number of anilines is 2. The van der Waals surface area contributed by atoms with E-state index in [0.29, 0.717) is 12.1 Å². The Labute approximate surface area is 167 Å². The Morgan fingerprint density at radius 3 is 1.90 bits per heavy atom. The van der Waals surface area contributed by atoms with Crippen molar-refractivity contribution in [3.8, 4) is 11.5 Å². The standard InChI is InChI=1S/C18H9F9N2O2/c19-16(20,21)15-8-14(28-9-2-1-3-10(6-9)30-17(22,23)24)12-5-4-11(7-13(12)29-15)31-18(25,26)27/h1-8H,(H,28,29). The first-order valence-electron chi connectivity index (χ1n) is 8.10. The van der Waals surface area contributed by atoms with Gasteiger partial charge < -0.3 is 14.8 Å². The minimum absolute atomic E-state index is 0.0373. The Balaban J connectivity index is 2.05. The molecular formula is C18H9F9N2O2. The van der Waals surface area contributed by atoms with Crippen LogP contribution in [-0.2, 0) is 6.18 Å². The first-order valence-corrected chi connectivity index (χ1v) is 8.10. The lowest BCUT2D eigenvalue weighted by molar-refractivity contribution is -0.275. The topological polar surface area (TPSA) is 43.4 Å². The fourth-order valence-electron chi connectivity index (χ4n) is 2.58. The molecule has 3 rings (SSSR count). The van der Waals surface area contributed by atoms with Crippen molar-refractivity contribution in [1.29, 1.82) is 0 Å². The molecule has 1 heterocycles. The van der Waals surface area contributed by atoms with Gasteiger partial charge in [0.1, 0.15) is 17.2 Å². The van der Waals surface area contributed by atoms with Gasteiger partial charge in [-0.1, -0.05) is 6.07 Å². The number of hydrogen-bond donors (Lipinski definition) is 1. The van der Waals surface area contributed by atoms with E-state index in [2.05, 4.69) is 19.8 Å². The van der Waals surface area contributed by atoms with Crippen molar-refractivity contribution in [2.45, 2.75) is 18.9 Å². The highest BCUT2D eigenvalue weighted by Gasteiger charge is 2.34. The van der Waals surface area contributed by atoms with Gasteiger partial charge in [0.15, 0.2) is 0 Å². The zero-order valence-electron chi connectivity index (χ0n) is 14.8. The molecule has 3 aromatic rings. The van der Waals surface area contributed by atoms with E-state index in [-0.39, 0.29) is 16.8 Å². The number of alkyl halides is 9. The molecule has 0 saturated heterocycles. The van der Waals surface area contributed by atoms with Gasteiger partial charge in [-0.05, 0) is 30.3 Å². The molecule has 0 bridgehead atoms. The first-order chi connectivity index (χ1) is 14.2. The highest BCUT2D eigenvalue weighted by Crippen LogP contribution is 2.37. The quantitative estimate of drug-likeness (QED) is 0.439. The van der Waals surface area contributed by atoms with Crippen LogP contribution in [-0.4, -0.2) is 17.7 Å². The maximum absolute atomic E-state index is 13.2. The summed E-state index contributed by atoms with van der Waals surface area (Å²) >= 11 is 0. The number of fused-ring (bicyclic) bond motifs is 1. The second kappa shape index (κ2) is 7.71. The van der Waals surface area contributed by atoms with E-state index < -0.39 is 41.6 Å². The third kappa shape index (κ3) is 6.06. The smallest absolute Gasteiger partial charge is 0.406 e. The maximum Gasteiger partial charge on any atom is 0.573 e. The van der Waals surface area contributed by atoms with Crippen molar-refractivity contribution in [2.75, 3.05) is 5.32 Å². The van der Waals surface area contributed by atoms with Gasteiger partial charge in [-0.15, -0.1) is 26.3 Å². The van der Waals surface area contributed by atoms with E-state index in [9.17, 15) is 39.5 Å². The Morgan fingerprint density at radius 2 is 1.32 bits per heavy atom. The molecule has 0 unspecified atom stereocenters. The number of benzene rings is 2. The molecule has 0 aliphatic rings. The Kier molecular flexibility index (Phi) is 5.54. The normalized spacial score (nSPS) is 12.7. The summed E-state index contributed by atoms with van der Waals surface area (Å²) in [6.07, 6.45) is -15.0. The molecule has 31 heavy (non-hydrogen) atoms. The van der Waals surface area contributed by atoms with Gasteiger partial charge in [-0.3, -0.25) is 0 Å². The molecule has 1 aromatic heterocycles. The molecule has 0 aliphatic heterocycles. The molecule has 0 saturated carbocycles. The van der Waals surface area contributed by atoms with Crippen molar-refractivity contribution >= 4 is 22.3 Å². The number of nitrogens with one attached hydrogen (secondary N) is 1. The molecular weight excluding hydrogens is 447 g/mol. The van der Waals surface area contributed by atoms with Gasteiger partial charge in [0.2, 0.25) is 0 Å². The molecule has 0 amide bonds. The van der Waals surface area contributed by atoms with Gasteiger partial charge in [0.25, 0.3) is 0 Å². The highest BCUT2D eigenvalue weighted by molar-refractivity contribution is 5.94. The van der Waals surface area contributed by atoms with Crippen LogP contribution in [0.2, 0.25) is 0 Å². The number of pyridine rings is 1. The fraction of sp³-hybridized carbons (Fsp3) is 0.167. The van der Waals surface area contributed by atoms with E-state index in [1.165, 1.54) is 6.07 Å². The monoisotopic (exact) mass is 456 g/mol. The lowest BCUT2D eigenvalue weighted by Gasteiger charge is -2.16. The van der Waals surface area contributed by atoms with Crippen LogP contribution in [0.15, 0.2) is 48.5 Å².